The van der Waals surface area contributed by atoms with E-state index >= 15 is 0 Å². The van der Waals surface area contributed by atoms with Crippen molar-refractivity contribution in [2.45, 2.75) is 19.0 Å². The highest BCUT2D eigenvalue weighted by atomic mass is 32.2. The van der Waals surface area contributed by atoms with Crippen molar-refractivity contribution < 1.29 is 23.1 Å². The predicted molar refractivity (Wildman–Crippen MR) is 75.8 cm³/mol. The van der Waals surface area contributed by atoms with Gasteiger partial charge in [0.15, 0.2) is 9.84 Å². The van der Waals surface area contributed by atoms with E-state index in [1.165, 1.54) is 16.2 Å². The molecule has 0 spiro atoms. The molecular formula is C11H15N3O5S2. The topological polar surface area (TPSA) is 117 Å². The van der Waals surface area contributed by atoms with Crippen LogP contribution in [0.5, 0.6) is 0 Å². The van der Waals surface area contributed by atoms with Crippen molar-refractivity contribution in [2.75, 3.05) is 18.1 Å². The van der Waals surface area contributed by atoms with Crippen molar-refractivity contribution in [2.24, 2.45) is 0 Å². The lowest BCUT2D eigenvalue weighted by molar-refractivity contribution is -0.138. The van der Waals surface area contributed by atoms with Gasteiger partial charge in [0, 0.05) is 11.9 Å². The Morgan fingerprint density at radius 3 is 2.90 bits per heavy atom. The van der Waals surface area contributed by atoms with Gasteiger partial charge in [-0.05, 0) is 0 Å². The predicted octanol–water partition coefficient (Wildman–Crippen LogP) is -0.0736. The van der Waals surface area contributed by atoms with Crippen LogP contribution < -0.4 is 5.32 Å². The Hall–Kier alpha value is -1.68. The average Bonchev–Trinajstić information content (AvgIpc) is 2.87. The van der Waals surface area contributed by atoms with Gasteiger partial charge in [-0.25, -0.2) is 18.2 Å². The summed E-state index contributed by atoms with van der Waals surface area (Å²) in [6.45, 7) is 0.231. The van der Waals surface area contributed by atoms with E-state index in [2.05, 4.69) is 10.3 Å². The van der Waals surface area contributed by atoms with Gasteiger partial charge in [0.05, 0.1) is 41.7 Å². The molecule has 1 atom stereocenters. The molecule has 1 saturated heterocycles. The number of carboxylic acids is 1. The Balaban J connectivity index is 2.01. The van der Waals surface area contributed by atoms with Crippen LogP contribution in [-0.4, -0.2) is 59.5 Å². The maximum atomic E-state index is 12.1. The van der Waals surface area contributed by atoms with E-state index in [1.54, 1.807) is 10.9 Å². The first-order valence-electron chi connectivity index (χ1n) is 6.21. The molecule has 2 heterocycles. The quantitative estimate of drug-likeness (QED) is 0.796. The summed E-state index contributed by atoms with van der Waals surface area (Å²) >= 11 is 1.40. The minimum atomic E-state index is -3.30. The monoisotopic (exact) mass is 333 g/mol. The van der Waals surface area contributed by atoms with Crippen LogP contribution in [0, 0.1) is 0 Å². The Labute approximate surface area is 125 Å². The lowest BCUT2D eigenvalue weighted by Gasteiger charge is -2.34. The van der Waals surface area contributed by atoms with Crippen molar-refractivity contribution in [1.29, 1.82) is 0 Å². The zero-order valence-electron chi connectivity index (χ0n) is 11.1. The van der Waals surface area contributed by atoms with Gasteiger partial charge in [0.1, 0.15) is 0 Å². The number of carboxylic acid groups (broad SMARTS) is 1. The average molecular weight is 333 g/mol. The molecule has 0 bridgehead atoms. The van der Waals surface area contributed by atoms with Gasteiger partial charge >= 0.3 is 12.0 Å². The molecule has 116 valence electrons. The van der Waals surface area contributed by atoms with Crippen LogP contribution in [0.4, 0.5) is 4.79 Å². The minimum absolute atomic E-state index is 0.00315. The van der Waals surface area contributed by atoms with Crippen LogP contribution in [0.2, 0.25) is 0 Å². The van der Waals surface area contributed by atoms with E-state index in [0.29, 0.717) is 5.69 Å². The lowest BCUT2D eigenvalue weighted by Crippen LogP contribution is -2.54. The number of carbonyl (C=O) groups excluding carboxylic acids is 1. The smallest absolute Gasteiger partial charge is 0.318 e. The Bertz CT molecular complexity index is 614. The largest absolute Gasteiger partial charge is 0.481 e. The van der Waals surface area contributed by atoms with Crippen molar-refractivity contribution in [3.05, 3.63) is 16.6 Å². The molecule has 2 amide bonds. The number of rotatable bonds is 4. The molecule has 1 fully saturated rings. The van der Waals surface area contributed by atoms with Crippen molar-refractivity contribution in [3.8, 4) is 0 Å². The zero-order chi connectivity index (χ0) is 15.5. The highest BCUT2D eigenvalue weighted by molar-refractivity contribution is 7.91. The fraction of sp³-hybridized carbons (Fsp3) is 0.545. The molecule has 10 heteroatoms. The van der Waals surface area contributed by atoms with E-state index in [1.807, 2.05) is 0 Å². The Morgan fingerprint density at radius 1 is 1.52 bits per heavy atom. The summed E-state index contributed by atoms with van der Waals surface area (Å²) in [5, 5.41) is 13.3. The van der Waals surface area contributed by atoms with Gasteiger partial charge in [0.2, 0.25) is 0 Å². The van der Waals surface area contributed by atoms with Crippen molar-refractivity contribution >= 4 is 33.2 Å². The molecule has 21 heavy (non-hydrogen) atoms. The second kappa shape index (κ2) is 6.39. The van der Waals surface area contributed by atoms with Gasteiger partial charge in [-0.15, -0.1) is 11.3 Å². The lowest BCUT2D eigenvalue weighted by atomic mass is 10.2. The van der Waals surface area contributed by atoms with E-state index in [4.69, 9.17) is 5.11 Å². The highest BCUT2D eigenvalue weighted by Gasteiger charge is 2.35. The molecule has 1 aliphatic rings. The molecule has 2 rings (SSSR count). The van der Waals surface area contributed by atoms with E-state index in [-0.39, 0.29) is 31.0 Å². The van der Waals surface area contributed by atoms with Gasteiger partial charge in [-0.1, -0.05) is 0 Å². The summed E-state index contributed by atoms with van der Waals surface area (Å²) in [7, 11) is -3.30. The fourth-order valence-electron chi connectivity index (χ4n) is 2.12. The number of amides is 2. The number of aliphatic carboxylic acids is 1. The Morgan fingerprint density at radius 2 is 2.29 bits per heavy atom. The van der Waals surface area contributed by atoms with Crippen LogP contribution >= 0.6 is 11.3 Å². The van der Waals surface area contributed by atoms with E-state index in [0.717, 1.165) is 0 Å². The molecule has 1 aromatic heterocycles. The van der Waals surface area contributed by atoms with Gasteiger partial charge < -0.3 is 15.3 Å². The van der Waals surface area contributed by atoms with Gasteiger partial charge in [0.25, 0.3) is 0 Å². The van der Waals surface area contributed by atoms with Crippen LogP contribution in [0.15, 0.2) is 10.9 Å². The van der Waals surface area contributed by atoms with Crippen LogP contribution in [-0.2, 0) is 21.2 Å². The first-order chi connectivity index (χ1) is 9.87. The summed E-state index contributed by atoms with van der Waals surface area (Å²) in [6, 6.07) is -1.30. The molecule has 1 unspecified atom stereocenters. The van der Waals surface area contributed by atoms with Gasteiger partial charge in [-0.3, -0.25) is 4.79 Å². The Kier molecular flexibility index (Phi) is 4.78. The maximum absolute atomic E-state index is 12.1. The molecule has 2 N–H and O–H groups in total. The summed E-state index contributed by atoms with van der Waals surface area (Å²) in [4.78, 5) is 28.2. The molecular weight excluding hydrogens is 318 g/mol. The number of nitrogens with one attached hydrogen (secondary N) is 1. The summed E-state index contributed by atoms with van der Waals surface area (Å²) in [5.41, 5.74) is 2.34. The normalized spacial score (nSPS) is 21.0. The second-order valence-electron chi connectivity index (χ2n) is 4.70. The summed E-state index contributed by atoms with van der Waals surface area (Å²) < 4.78 is 23.2. The molecule has 0 aliphatic carbocycles. The third-order valence-electron chi connectivity index (χ3n) is 3.11. The number of aromatic nitrogens is 1. The van der Waals surface area contributed by atoms with Crippen LogP contribution in [0.3, 0.4) is 0 Å². The number of hydrogen-bond acceptors (Lipinski definition) is 6. The maximum Gasteiger partial charge on any atom is 0.318 e. The van der Waals surface area contributed by atoms with Gasteiger partial charge in [-0.2, -0.15) is 0 Å². The summed E-state index contributed by atoms with van der Waals surface area (Å²) in [5.74, 6) is -1.59. The first-order valence-corrected chi connectivity index (χ1v) is 8.97. The van der Waals surface area contributed by atoms with Crippen LogP contribution in [0.25, 0.3) is 0 Å². The third-order valence-corrected chi connectivity index (χ3v) is 5.44. The molecule has 0 aromatic carbocycles. The van der Waals surface area contributed by atoms with Crippen molar-refractivity contribution in [3.63, 3.8) is 0 Å². The number of thiazole rings is 1. The molecule has 1 aromatic rings. The third kappa shape index (κ3) is 4.39. The second-order valence-corrected chi connectivity index (χ2v) is 7.65. The number of hydrogen-bond donors (Lipinski definition) is 2. The number of nitrogens with zero attached hydrogens (tertiary/aromatic N) is 2. The number of carbonyl (C=O) groups is 2. The van der Waals surface area contributed by atoms with Crippen molar-refractivity contribution in [1.82, 2.24) is 15.2 Å². The SMILES string of the molecule is O=C(O)CC1CS(=O)(=O)CCN1C(=O)NCc1cscn1. The van der Waals surface area contributed by atoms with E-state index < -0.39 is 27.9 Å². The number of sulfone groups is 1. The highest BCUT2D eigenvalue weighted by Crippen LogP contribution is 2.15. The summed E-state index contributed by atoms with van der Waals surface area (Å²) in [6.07, 6.45) is -0.386. The first kappa shape index (κ1) is 15.7. The van der Waals surface area contributed by atoms with E-state index in [9.17, 15) is 18.0 Å². The molecule has 0 radical (unpaired) electrons. The van der Waals surface area contributed by atoms with Crippen LogP contribution in [0.1, 0.15) is 12.1 Å². The molecule has 1 aliphatic heterocycles. The zero-order valence-corrected chi connectivity index (χ0v) is 12.7. The standard InChI is InChI=1S/C11H15N3O5S2/c15-10(16)3-9-6-21(18,19)2-1-14(9)11(17)12-4-8-5-20-7-13-8/h5,7,9H,1-4,6H2,(H,12,17)(H,15,16). The molecule has 0 saturated carbocycles. The molecule has 8 nitrogen and oxygen atoms in total. The minimum Gasteiger partial charge on any atom is -0.481 e. The number of urea groups is 1. The fourth-order valence-corrected chi connectivity index (χ4v) is 4.20.